The third kappa shape index (κ3) is 2.84. The summed E-state index contributed by atoms with van der Waals surface area (Å²) in [5, 5.41) is 3.17. The van der Waals surface area contributed by atoms with Gasteiger partial charge in [-0.25, -0.2) is 4.98 Å². The summed E-state index contributed by atoms with van der Waals surface area (Å²) >= 11 is 0. The van der Waals surface area contributed by atoms with Crippen LogP contribution in [0.2, 0.25) is 0 Å². The van der Waals surface area contributed by atoms with Crippen molar-refractivity contribution in [2.45, 2.75) is 20.8 Å². The van der Waals surface area contributed by atoms with Gasteiger partial charge in [0.25, 0.3) is 0 Å². The first-order chi connectivity index (χ1) is 9.15. The van der Waals surface area contributed by atoms with E-state index in [1.807, 2.05) is 13.0 Å². The van der Waals surface area contributed by atoms with Crippen molar-refractivity contribution in [1.82, 2.24) is 9.97 Å². The highest BCUT2D eigenvalue weighted by molar-refractivity contribution is 5.72. The van der Waals surface area contributed by atoms with E-state index < -0.39 is 0 Å². The Morgan fingerprint density at radius 2 is 2.00 bits per heavy atom. The van der Waals surface area contributed by atoms with Gasteiger partial charge in [-0.3, -0.25) is 4.98 Å². The van der Waals surface area contributed by atoms with Crippen LogP contribution in [0.25, 0.3) is 11.3 Å². The predicted molar refractivity (Wildman–Crippen MR) is 77.7 cm³/mol. The third-order valence-corrected chi connectivity index (χ3v) is 2.91. The smallest absolute Gasteiger partial charge is 0.145 e. The molecule has 0 aliphatic rings. The molecule has 0 saturated heterocycles. The number of hydrogen-bond acceptors (Lipinski definition) is 4. The molecule has 0 atom stereocenters. The number of hydrogen-bond donors (Lipinski definition) is 1. The van der Waals surface area contributed by atoms with Gasteiger partial charge in [0.05, 0.1) is 25.2 Å². The molecule has 0 fully saturated rings. The molecule has 1 heterocycles. The zero-order valence-corrected chi connectivity index (χ0v) is 11.8. The Labute approximate surface area is 113 Å². The molecule has 0 radical (unpaired) electrons. The van der Waals surface area contributed by atoms with E-state index in [1.165, 1.54) is 5.56 Å². The van der Waals surface area contributed by atoms with Crippen molar-refractivity contribution < 1.29 is 4.74 Å². The first kappa shape index (κ1) is 13.3. The lowest BCUT2D eigenvalue weighted by Crippen LogP contribution is -2.02. The molecule has 1 N–H and O–H groups in total. The van der Waals surface area contributed by atoms with Crippen molar-refractivity contribution >= 4 is 5.82 Å². The van der Waals surface area contributed by atoms with Crippen molar-refractivity contribution in [3.8, 4) is 17.0 Å². The highest BCUT2D eigenvalue weighted by Gasteiger charge is 2.12. The first-order valence-electron chi connectivity index (χ1n) is 6.37. The van der Waals surface area contributed by atoms with Crippen molar-refractivity contribution in [3.05, 3.63) is 35.7 Å². The molecule has 1 aromatic carbocycles. The molecule has 2 aromatic rings. The second kappa shape index (κ2) is 5.69. The Balaban J connectivity index is 2.54. The number of ether oxygens (including phenoxy) is 1. The maximum absolute atomic E-state index is 5.47. The fourth-order valence-electron chi connectivity index (χ4n) is 2.17. The number of aromatic nitrogens is 2. The molecule has 1 aromatic heterocycles. The first-order valence-corrected chi connectivity index (χ1v) is 6.37. The van der Waals surface area contributed by atoms with Gasteiger partial charge in [0, 0.05) is 12.1 Å². The summed E-state index contributed by atoms with van der Waals surface area (Å²) in [7, 11) is 1.68. The van der Waals surface area contributed by atoms with Crippen molar-refractivity contribution in [2.24, 2.45) is 0 Å². The van der Waals surface area contributed by atoms with Crippen LogP contribution in [0.1, 0.15) is 18.1 Å². The topological polar surface area (TPSA) is 47.0 Å². The van der Waals surface area contributed by atoms with Gasteiger partial charge >= 0.3 is 0 Å². The van der Waals surface area contributed by atoms with E-state index in [2.05, 4.69) is 35.2 Å². The normalized spacial score (nSPS) is 10.3. The van der Waals surface area contributed by atoms with Gasteiger partial charge in [-0.05, 0) is 38.0 Å². The molecular weight excluding hydrogens is 238 g/mol. The Kier molecular flexibility index (Phi) is 4.00. The second-order valence-electron chi connectivity index (χ2n) is 4.48. The zero-order chi connectivity index (χ0) is 13.8. The van der Waals surface area contributed by atoms with Gasteiger partial charge < -0.3 is 10.1 Å². The lowest BCUT2D eigenvalue weighted by Gasteiger charge is -2.13. The summed E-state index contributed by atoms with van der Waals surface area (Å²) in [6, 6.07) is 4.14. The maximum Gasteiger partial charge on any atom is 0.145 e. The average Bonchev–Trinajstić information content (AvgIpc) is 2.38. The van der Waals surface area contributed by atoms with Crippen molar-refractivity contribution in [2.75, 3.05) is 19.0 Å². The van der Waals surface area contributed by atoms with Crippen LogP contribution >= 0.6 is 0 Å². The number of rotatable bonds is 4. The molecule has 2 rings (SSSR count). The summed E-state index contributed by atoms with van der Waals surface area (Å²) in [5.41, 5.74) is 4.14. The highest BCUT2D eigenvalue weighted by Crippen LogP contribution is 2.33. The minimum absolute atomic E-state index is 0.780. The molecule has 0 unspecified atom stereocenters. The molecule has 0 aliphatic carbocycles. The van der Waals surface area contributed by atoms with Crippen molar-refractivity contribution in [3.63, 3.8) is 0 Å². The predicted octanol–water partition coefficient (Wildman–Crippen LogP) is 3.20. The maximum atomic E-state index is 5.47. The van der Waals surface area contributed by atoms with E-state index in [0.717, 1.165) is 34.9 Å². The van der Waals surface area contributed by atoms with E-state index in [9.17, 15) is 0 Å². The van der Waals surface area contributed by atoms with E-state index in [1.54, 1.807) is 19.5 Å². The standard InChI is InChI=1S/C15H19N3O/c1-5-17-14-9-16-8-12(18-14)15-11(3)6-10(2)7-13(15)19-4/h6-9H,5H2,1-4H3,(H,17,18). The van der Waals surface area contributed by atoms with Crippen LogP contribution in [-0.2, 0) is 0 Å². The van der Waals surface area contributed by atoms with E-state index >= 15 is 0 Å². The van der Waals surface area contributed by atoms with Crippen LogP contribution in [-0.4, -0.2) is 23.6 Å². The molecule has 4 nitrogen and oxygen atoms in total. The van der Waals surface area contributed by atoms with Gasteiger partial charge in [-0.15, -0.1) is 0 Å². The highest BCUT2D eigenvalue weighted by atomic mass is 16.5. The fraction of sp³-hybridized carbons (Fsp3) is 0.333. The lowest BCUT2D eigenvalue weighted by atomic mass is 10.0. The Bertz CT molecular complexity index is 582. The van der Waals surface area contributed by atoms with Crippen LogP contribution in [0.5, 0.6) is 5.75 Å². The number of methoxy groups -OCH3 is 1. The fourth-order valence-corrected chi connectivity index (χ4v) is 2.17. The largest absolute Gasteiger partial charge is 0.496 e. The molecule has 19 heavy (non-hydrogen) atoms. The molecule has 0 aliphatic heterocycles. The summed E-state index contributed by atoms with van der Waals surface area (Å²) in [6.45, 7) is 6.97. The summed E-state index contributed by atoms with van der Waals surface area (Å²) in [5.74, 6) is 1.61. The molecule has 0 saturated carbocycles. The molecular formula is C15H19N3O. The van der Waals surface area contributed by atoms with E-state index in [0.29, 0.717) is 0 Å². The number of benzene rings is 1. The minimum Gasteiger partial charge on any atom is -0.496 e. The third-order valence-electron chi connectivity index (χ3n) is 2.91. The van der Waals surface area contributed by atoms with Crippen molar-refractivity contribution in [1.29, 1.82) is 0 Å². The minimum atomic E-state index is 0.780. The van der Waals surface area contributed by atoms with Gasteiger partial charge in [0.2, 0.25) is 0 Å². The van der Waals surface area contributed by atoms with E-state index in [-0.39, 0.29) is 0 Å². The van der Waals surface area contributed by atoms with Gasteiger partial charge in [0.15, 0.2) is 0 Å². The second-order valence-corrected chi connectivity index (χ2v) is 4.48. The number of nitrogens with zero attached hydrogens (tertiary/aromatic N) is 2. The Morgan fingerprint density at radius 3 is 2.68 bits per heavy atom. The molecule has 100 valence electrons. The van der Waals surface area contributed by atoms with Gasteiger partial charge in [0.1, 0.15) is 11.6 Å². The lowest BCUT2D eigenvalue weighted by molar-refractivity contribution is 0.415. The number of nitrogens with one attached hydrogen (secondary N) is 1. The van der Waals surface area contributed by atoms with Crippen LogP contribution in [0.15, 0.2) is 24.5 Å². The van der Waals surface area contributed by atoms with Crippen LogP contribution < -0.4 is 10.1 Å². The van der Waals surface area contributed by atoms with Gasteiger partial charge in [-0.2, -0.15) is 0 Å². The van der Waals surface area contributed by atoms with Gasteiger partial charge in [-0.1, -0.05) is 6.07 Å². The molecule has 0 spiro atoms. The summed E-state index contributed by atoms with van der Waals surface area (Å²) in [4.78, 5) is 8.82. The Hall–Kier alpha value is -2.10. The number of anilines is 1. The zero-order valence-electron chi connectivity index (χ0n) is 11.8. The monoisotopic (exact) mass is 257 g/mol. The van der Waals surface area contributed by atoms with Crippen LogP contribution in [0.3, 0.4) is 0 Å². The summed E-state index contributed by atoms with van der Waals surface area (Å²) in [6.07, 6.45) is 3.49. The molecule has 4 heteroatoms. The van der Waals surface area contributed by atoms with Crippen LogP contribution in [0.4, 0.5) is 5.82 Å². The SMILES string of the molecule is CCNc1cncc(-c2c(C)cc(C)cc2OC)n1. The molecule has 0 bridgehead atoms. The number of aryl methyl sites for hydroxylation is 2. The van der Waals surface area contributed by atoms with Crippen LogP contribution in [0, 0.1) is 13.8 Å². The quantitative estimate of drug-likeness (QED) is 0.913. The Morgan fingerprint density at radius 1 is 1.21 bits per heavy atom. The average molecular weight is 257 g/mol. The molecule has 0 amide bonds. The summed E-state index contributed by atoms with van der Waals surface area (Å²) < 4.78 is 5.47. The van der Waals surface area contributed by atoms with E-state index in [4.69, 9.17) is 4.74 Å².